The molecule has 2 heteroatoms. The number of nitrogens with one attached hydrogen (secondary N) is 1. The lowest BCUT2D eigenvalue weighted by Gasteiger charge is -2.17. The van der Waals surface area contributed by atoms with Gasteiger partial charge in [-0.05, 0) is 58.3 Å². The first kappa shape index (κ1) is 13.6. The van der Waals surface area contributed by atoms with Crippen LogP contribution in [0.1, 0.15) is 36.8 Å². The van der Waals surface area contributed by atoms with Gasteiger partial charge in [0.25, 0.3) is 0 Å². The van der Waals surface area contributed by atoms with Gasteiger partial charge in [-0.3, -0.25) is 0 Å². The zero-order valence-corrected chi connectivity index (χ0v) is 11.8. The van der Waals surface area contributed by atoms with Gasteiger partial charge in [0.15, 0.2) is 0 Å². The minimum absolute atomic E-state index is 0.857. The van der Waals surface area contributed by atoms with Gasteiger partial charge in [-0.2, -0.15) is 0 Å². The van der Waals surface area contributed by atoms with Gasteiger partial charge in [0.2, 0.25) is 0 Å². The molecule has 0 aromatic heterocycles. The van der Waals surface area contributed by atoms with E-state index < -0.39 is 0 Å². The van der Waals surface area contributed by atoms with Crippen molar-refractivity contribution in [3.63, 3.8) is 0 Å². The van der Waals surface area contributed by atoms with Crippen LogP contribution in [0, 0.1) is 6.92 Å². The van der Waals surface area contributed by atoms with Crippen molar-refractivity contribution in [1.82, 2.24) is 10.2 Å². The first-order valence-electron chi connectivity index (χ1n) is 7.21. The van der Waals surface area contributed by atoms with Crippen molar-refractivity contribution in [1.29, 1.82) is 0 Å². The molecule has 1 fully saturated rings. The van der Waals surface area contributed by atoms with Crippen molar-refractivity contribution < 1.29 is 0 Å². The fourth-order valence-electron chi connectivity index (χ4n) is 2.30. The fourth-order valence-corrected chi connectivity index (χ4v) is 2.30. The van der Waals surface area contributed by atoms with Crippen molar-refractivity contribution in [2.24, 2.45) is 0 Å². The smallest absolute Gasteiger partial charge is 0.0230 e. The Morgan fingerprint density at radius 2 is 2.11 bits per heavy atom. The second-order valence-electron chi connectivity index (χ2n) is 5.66. The number of unbranched alkanes of at least 4 members (excludes halogenated alkanes) is 1. The third-order valence-corrected chi connectivity index (χ3v) is 3.51. The van der Waals surface area contributed by atoms with Gasteiger partial charge in [0.1, 0.15) is 0 Å². The number of aryl methyl sites for hydroxylation is 1. The van der Waals surface area contributed by atoms with E-state index in [1.54, 1.807) is 0 Å². The Bertz CT molecular complexity index is 358. The van der Waals surface area contributed by atoms with Crippen LogP contribution in [0.2, 0.25) is 0 Å². The van der Waals surface area contributed by atoms with E-state index >= 15 is 0 Å². The van der Waals surface area contributed by atoms with Crippen LogP contribution in [0.4, 0.5) is 0 Å². The summed E-state index contributed by atoms with van der Waals surface area (Å²) < 4.78 is 0. The second-order valence-corrected chi connectivity index (χ2v) is 5.66. The number of hydrogen-bond acceptors (Lipinski definition) is 2. The van der Waals surface area contributed by atoms with Crippen LogP contribution in [-0.2, 0) is 6.54 Å². The van der Waals surface area contributed by atoms with Crippen molar-refractivity contribution in [3.05, 3.63) is 35.4 Å². The van der Waals surface area contributed by atoms with Crippen LogP contribution in [0.15, 0.2) is 24.3 Å². The Hall–Kier alpha value is -0.860. The Balaban J connectivity index is 1.57. The topological polar surface area (TPSA) is 15.3 Å². The monoisotopic (exact) mass is 246 g/mol. The molecule has 1 aromatic carbocycles. The maximum atomic E-state index is 3.57. The summed E-state index contributed by atoms with van der Waals surface area (Å²) >= 11 is 0. The molecule has 100 valence electrons. The van der Waals surface area contributed by atoms with Crippen LogP contribution in [-0.4, -0.2) is 31.1 Å². The molecule has 1 saturated carbocycles. The molecule has 0 radical (unpaired) electrons. The summed E-state index contributed by atoms with van der Waals surface area (Å²) in [6, 6.07) is 9.67. The molecule has 0 aliphatic heterocycles. The first-order valence-corrected chi connectivity index (χ1v) is 7.21. The minimum Gasteiger partial charge on any atom is -0.314 e. The molecular weight excluding hydrogens is 220 g/mol. The molecule has 0 saturated heterocycles. The van der Waals surface area contributed by atoms with Crippen LogP contribution in [0.5, 0.6) is 0 Å². The summed E-state index contributed by atoms with van der Waals surface area (Å²) in [6.45, 7) is 5.62. The molecule has 0 bridgehead atoms. The summed E-state index contributed by atoms with van der Waals surface area (Å²) in [7, 11) is 2.22. The van der Waals surface area contributed by atoms with Crippen LogP contribution in [0.25, 0.3) is 0 Å². The van der Waals surface area contributed by atoms with E-state index in [-0.39, 0.29) is 0 Å². The molecule has 1 N–H and O–H groups in total. The summed E-state index contributed by atoms with van der Waals surface area (Å²) in [6.07, 6.45) is 5.39. The normalized spacial score (nSPS) is 15.3. The van der Waals surface area contributed by atoms with Gasteiger partial charge >= 0.3 is 0 Å². The Labute approximate surface area is 111 Å². The fraction of sp³-hybridized carbons (Fsp3) is 0.625. The van der Waals surface area contributed by atoms with E-state index in [2.05, 4.69) is 48.5 Å². The average molecular weight is 246 g/mol. The zero-order valence-electron chi connectivity index (χ0n) is 11.8. The molecule has 0 amide bonds. The van der Waals surface area contributed by atoms with Gasteiger partial charge in [0, 0.05) is 12.6 Å². The predicted octanol–water partition coefficient (Wildman–Crippen LogP) is 2.96. The molecule has 0 spiro atoms. The highest BCUT2D eigenvalue weighted by atomic mass is 15.1. The highest BCUT2D eigenvalue weighted by Crippen LogP contribution is 2.18. The second kappa shape index (κ2) is 6.91. The summed E-state index contributed by atoms with van der Waals surface area (Å²) in [5.74, 6) is 0. The van der Waals surface area contributed by atoms with Gasteiger partial charge < -0.3 is 10.2 Å². The van der Waals surface area contributed by atoms with Gasteiger partial charge in [0.05, 0.1) is 0 Å². The standard InChI is InChI=1S/C16H26N2/c1-14-6-5-7-15(12-14)13-18(2)11-4-3-10-17-16-8-9-16/h5-7,12,16-17H,3-4,8-11,13H2,1-2H3. The molecular formula is C16H26N2. The summed E-state index contributed by atoms with van der Waals surface area (Å²) in [4.78, 5) is 2.42. The van der Waals surface area contributed by atoms with Crippen LogP contribution < -0.4 is 5.32 Å². The lowest BCUT2D eigenvalue weighted by Crippen LogP contribution is -2.22. The lowest BCUT2D eigenvalue weighted by molar-refractivity contribution is 0.317. The SMILES string of the molecule is Cc1cccc(CN(C)CCCCNC2CC2)c1. The Morgan fingerprint density at radius 3 is 2.83 bits per heavy atom. The van der Waals surface area contributed by atoms with Crippen molar-refractivity contribution in [2.75, 3.05) is 20.1 Å². The number of benzene rings is 1. The van der Waals surface area contributed by atoms with E-state index in [1.807, 2.05) is 0 Å². The molecule has 1 aliphatic rings. The molecule has 2 nitrogen and oxygen atoms in total. The number of nitrogens with zero attached hydrogens (tertiary/aromatic N) is 1. The van der Waals surface area contributed by atoms with Gasteiger partial charge in [-0.15, -0.1) is 0 Å². The molecule has 0 unspecified atom stereocenters. The van der Waals surface area contributed by atoms with Crippen molar-refractivity contribution in [3.8, 4) is 0 Å². The first-order chi connectivity index (χ1) is 8.74. The largest absolute Gasteiger partial charge is 0.314 e. The molecule has 1 aliphatic carbocycles. The highest BCUT2D eigenvalue weighted by Gasteiger charge is 2.19. The Morgan fingerprint density at radius 1 is 1.28 bits per heavy atom. The van der Waals surface area contributed by atoms with Crippen LogP contribution >= 0.6 is 0 Å². The molecule has 18 heavy (non-hydrogen) atoms. The van der Waals surface area contributed by atoms with E-state index in [4.69, 9.17) is 0 Å². The van der Waals surface area contributed by atoms with E-state index in [9.17, 15) is 0 Å². The van der Waals surface area contributed by atoms with Crippen molar-refractivity contribution >= 4 is 0 Å². The number of hydrogen-bond donors (Lipinski definition) is 1. The lowest BCUT2D eigenvalue weighted by atomic mass is 10.1. The Kier molecular flexibility index (Phi) is 5.21. The third kappa shape index (κ3) is 5.19. The van der Waals surface area contributed by atoms with E-state index in [0.29, 0.717) is 0 Å². The van der Waals surface area contributed by atoms with E-state index in [1.165, 1.54) is 49.9 Å². The summed E-state index contributed by atoms with van der Waals surface area (Å²) in [5.41, 5.74) is 2.78. The molecule has 0 atom stereocenters. The predicted molar refractivity (Wildman–Crippen MR) is 77.8 cm³/mol. The quantitative estimate of drug-likeness (QED) is 0.709. The number of rotatable bonds is 8. The van der Waals surface area contributed by atoms with Crippen molar-refractivity contribution in [2.45, 2.75) is 45.2 Å². The highest BCUT2D eigenvalue weighted by molar-refractivity contribution is 5.21. The maximum Gasteiger partial charge on any atom is 0.0230 e. The van der Waals surface area contributed by atoms with Gasteiger partial charge in [-0.1, -0.05) is 29.8 Å². The van der Waals surface area contributed by atoms with Gasteiger partial charge in [-0.25, -0.2) is 0 Å². The van der Waals surface area contributed by atoms with E-state index in [0.717, 1.165) is 12.6 Å². The zero-order chi connectivity index (χ0) is 12.8. The molecule has 1 aromatic rings. The minimum atomic E-state index is 0.857. The summed E-state index contributed by atoms with van der Waals surface area (Å²) in [5, 5.41) is 3.57. The third-order valence-electron chi connectivity index (χ3n) is 3.51. The van der Waals surface area contributed by atoms with Crippen LogP contribution in [0.3, 0.4) is 0 Å². The maximum absolute atomic E-state index is 3.57. The molecule has 0 heterocycles. The average Bonchev–Trinajstić information content (AvgIpc) is 3.12. The molecule has 2 rings (SSSR count).